The van der Waals surface area contributed by atoms with E-state index in [4.69, 9.17) is 9.47 Å². The summed E-state index contributed by atoms with van der Waals surface area (Å²) in [7, 11) is 1.31. The van der Waals surface area contributed by atoms with Crippen LogP contribution in [0.4, 0.5) is 18.9 Å². The maximum Gasteiger partial charge on any atom is 0.387 e. The number of alkyl halides is 2. The first-order chi connectivity index (χ1) is 12.9. The molecule has 0 aliphatic rings. The Morgan fingerprint density at radius 2 is 1.85 bits per heavy atom. The van der Waals surface area contributed by atoms with E-state index in [-0.39, 0.29) is 23.6 Å². The second-order valence-electron chi connectivity index (χ2n) is 5.23. The molecule has 0 spiro atoms. The van der Waals surface area contributed by atoms with E-state index in [9.17, 15) is 22.8 Å². The van der Waals surface area contributed by atoms with Crippen molar-refractivity contribution in [3.63, 3.8) is 0 Å². The average molecular weight is 383 g/mol. The molecular weight excluding hydrogens is 367 g/mol. The Kier molecular flexibility index (Phi) is 7.04. The van der Waals surface area contributed by atoms with Crippen LogP contribution in [0.3, 0.4) is 0 Å². The molecule has 6 nitrogen and oxygen atoms in total. The van der Waals surface area contributed by atoms with Gasteiger partial charge in [0, 0.05) is 0 Å². The molecule has 0 bridgehead atoms. The Morgan fingerprint density at radius 3 is 2.52 bits per heavy atom. The first-order valence-corrected chi connectivity index (χ1v) is 7.70. The van der Waals surface area contributed by atoms with Crippen molar-refractivity contribution in [1.29, 1.82) is 0 Å². The number of carbonyl (C=O) groups is 2. The second-order valence-corrected chi connectivity index (χ2v) is 5.23. The van der Waals surface area contributed by atoms with E-state index in [1.165, 1.54) is 43.5 Å². The highest BCUT2D eigenvalue weighted by Gasteiger charge is 2.14. The smallest absolute Gasteiger partial charge is 0.387 e. The van der Waals surface area contributed by atoms with Crippen molar-refractivity contribution in [2.75, 3.05) is 19.0 Å². The quantitative estimate of drug-likeness (QED) is 0.709. The monoisotopic (exact) mass is 383 g/mol. The normalized spacial score (nSPS) is 10.4. The number of hydrogen-bond acceptors (Lipinski definition) is 5. The van der Waals surface area contributed by atoms with Crippen molar-refractivity contribution in [2.24, 2.45) is 0 Å². The van der Waals surface area contributed by atoms with Crippen LogP contribution in [0.5, 0.6) is 11.5 Å². The number of anilines is 1. The van der Waals surface area contributed by atoms with E-state index in [2.05, 4.69) is 10.1 Å². The fraction of sp³-hybridized carbons (Fsp3) is 0.222. The summed E-state index contributed by atoms with van der Waals surface area (Å²) in [6.45, 7) is -3.69. The molecule has 0 saturated heterocycles. The Morgan fingerprint density at radius 1 is 1.11 bits per heavy atom. The summed E-state index contributed by atoms with van der Waals surface area (Å²) >= 11 is 0. The molecule has 144 valence electrons. The Hall–Kier alpha value is -3.23. The number of amides is 1. The molecule has 0 fully saturated rings. The number of para-hydroxylation sites is 2. The van der Waals surface area contributed by atoms with Gasteiger partial charge in [0.25, 0.3) is 5.91 Å². The first kappa shape index (κ1) is 20.1. The van der Waals surface area contributed by atoms with Gasteiger partial charge in [-0.15, -0.1) is 0 Å². The van der Waals surface area contributed by atoms with Gasteiger partial charge >= 0.3 is 12.6 Å². The Bertz CT molecular complexity index is 813. The SMILES string of the molecule is COc1ccc(CC(=O)OCC(=O)Nc2ccccc2OC(F)F)cc1F. The Labute approximate surface area is 152 Å². The lowest BCUT2D eigenvalue weighted by molar-refractivity contribution is -0.146. The van der Waals surface area contributed by atoms with Gasteiger partial charge in [-0.3, -0.25) is 9.59 Å². The summed E-state index contributed by atoms with van der Waals surface area (Å²) in [6.07, 6.45) is -0.251. The number of benzene rings is 2. The largest absolute Gasteiger partial charge is 0.494 e. The molecule has 2 aromatic rings. The van der Waals surface area contributed by atoms with Gasteiger partial charge in [0.15, 0.2) is 18.2 Å². The summed E-state index contributed by atoms with van der Waals surface area (Å²) < 4.78 is 52.1. The number of esters is 1. The molecule has 2 aromatic carbocycles. The van der Waals surface area contributed by atoms with Crippen LogP contribution in [0.1, 0.15) is 5.56 Å². The molecule has 2 rings (SSSR count). The van der Waals surface area contributed by atoms with Gasteiger partial charge in [-0.1, -0.05) is 18.2 Å². The van der Waals surface area contributed by atoms with Gasteiger partial charge in [0.2, 0.25) is 0 Å². The molecular formula is C18H16F3NO5. The number of ether oxygens (including phenoxy) is 3. The predicted molar refractivity (Wildman–Crippen MR) is 89.3 cm³/mol. The van der Waals surface area contributed by atoms with E-state index in [0.717, 1.165) is 6.07 Å². The van der Waals surface area contributed by atoms with Crippen LogP contribution in [-0.2, 0) is 20.7 Å². The fourth-order valence-corrected chi connectivity index (χ4v) is 2.14. The topological polar surface area (TPSA) is 73.9 Å². The van der Waals surface area contributed by atoms with E-state index in [0.29, 0.717) is 5.56 Å². The zero-order valence-corrected chi connectivity index (χ0v) is 14.2. The first-order valence-electron chi connectivity index (χ1n) is 7.70. The van der Waals surface area contributed by atoms with Gasteiger partial charge in [-0.2, -0.15) is 8.78 Å². The van der Waals surface area contributed by atoms with Crippen LogP contribution in [0.2, 0.25) is 0 Å². The molecule has 0 aromatic heterocycles. The number of methoxy groups -OCH3 is 1. The third-order valence-electron chi connectivity index (χ3n) is 3.31. The minimum Gasteiger partial charge on any atom is -0.494 e. The molecule has 0 radical (unpaired) electrons. The highest BCUT2D eigenvalue weighted by molar-refractivity contribution is 5.94. The van der Waals surface area contributed by atoms with Crippen LogP contribution in [-0.4, -0.2) is 32.2 Å². The van der Waals surface area contributed by atoms with Crippen molar-refractivity contribution >= 4 is 17.6 Å². The van der Waals surface area contributed by atoms with Crippen molar-refractivity contribution in [3.8, 4) is 11.5 Å². The van der Waals surface area contributed by atoms with Crippen LogP contribution in [0, 0.1) is 5.82 Å². The standard InChI is InChI=1S/C18H16F3NO5/c1-25-14-7-6-11(8-12(14)19)9-17(24)26-10-16(23)22-13-4-2-3-5-15(13)27-18(20)21/h2-8,18H,9-10H2,1H3,(H,22,23). The molecule has 0 aliphatic heterocycles. The van der Waals surface area contributed by atoms with Gasteiger partial charge < -0.3 is 19.5 Å². The number of nitrogens with one attached hydrogen (secondary N) is 1. The van der Waals surface area contributed by atoms with Crippen LogP contribution >= 0.6 is 0 Å². The maximum atomic E-state index is 13.6. The lowest BCUT2D eigenvalue weighted by Crippen LogP contribution is -2.22. The zero-order valence-electron chi connectivity index (χ0n) is 14.2. The summed E-state index contributed by atoms with van der Waals surface area (Å²) in [5, 5.41) is 2.31. The molecule has 27 heavy (non-hydrogen) atoms. The number of rotatable bonds is 8. The highest BCUT2D eigenvalue weighted by atomic mass is 19.3. The third-order valence-corrected chi connectivity index (χ3v) is 3.31. The predicted octanol–water partition coefficient (Wildman–Crippen LogP) is 3.16. The van der Waals surface area contributed by atoms with Gasteiger partial charge in [-0.05, 0) is 29.8 Å². The van der Waals surface area contributed by atoms with E-state index in [1.807, 2.05) is 0 Å². The van der Waals surface area contributed by atoms with E-state index in [1.54, 1.807) is 0 Å². The minimum absolute atomic E-state index is 0.0103. The molecule has 0 saturated carbocycles. The molecule has 0 atom stereocenters. The van der Waals surface area contributed by atoms with Gasteiger partial charge in [0.05, 0.1) is 19.2 Å². The van der Waals surface area contributed by atoms with E-state index < -0.39 is 30.9 Å². The number of halogens is 3. The van der Waals surface area contributed by atoms with Crippen LogP contribution in [0.25, 0.3) is 0 Å². The lowest BCUT2D eigenvalue weighted by atomic mass is 10.1. The highest BCUT2D eigenvalue weighted by Crippen LogP contribution is 2.25. The summed E-state index contributed by atoms with van der Waals surface area (Å²) in [5.74, 6) is -2.31. The summed E-state index contributed by atoms with van der Waals surface area (Å²) in [4.78, 5) is 23.6. The van der Waals surface area contributed by atoms with Crippen molar-refractivity contribution < 1.29 is 37.0 Å². The van der Waals surface area contributed by atoms with Gasteiger partial charge in [-0.25, -0.2) is 4.39 Å². The van der Waals surface area contributed by atoms with Crippen LogP contribution in [0.15, 0.2) is 42.5 Å². The zero-order chi connectivity index (χ0) is 19.8. The molecule has 0 heterocycles. The molecule has 0 aliphatic carbocycles. The van der Waals surface area contributed by atoms with E-state index >= 15 is 0 Å². The van der Waals surface area contributed by atoms with Crippen molar-refractivity contribution in [2.45, 2.75) is 13.0 Å². The van der Waals surface area contributed by atoms with Crippen molar-refractivity contribution in [3.05, 3.63) is 53.8 Å². The van der Waals surface area contributed by atoms with Gasteiger partial charge in [0.1, 0.15) is 5.75 Å². The molecule has 9 heteroatoms. The second kappa shape index (κ2) is 9.46. The number of carbonyl (C=O) groups excluding carboxylic acids is 2. The fourth-order valence-electron chi connectivity index (χ4n) is 2.14. The van der Waals surface area contributed by atoms with Crippen LogP contribution < -0.4 is 14.8 Å². The molecule has 1 N–H and O–H groups in total. The Balaban J connectivity index is 1.87. The lowest BCUT2D eigenvalue weighted by Gasteiger charge is -2.12. The number of hydrogen-bond donors (Lipinski definition) is 1. The maximum absolute atomic E-state index is 13.6. The summed E-state index contributed by atoms with van der Waals surface area (Å²) in [5.41, 5.74) is 0.352. The summed E-state index contributed by atoms with van der Waals surface area (Å²) in [6, 6.07) is 9.56. The minimum atomic E-state index is -3.05. The van der Waals surface area contributed by atoms with Crippen molar-refractivity contribution in [1.82, 2.24) is 0 Å². The molecule has 0 unspecified atom stereocenters. The third kappa shape index (κ3) is 6.21. The average Bonchev–Trinajstić information content (AvgIpc) is 2.61. The molecule has 1 amide bonds.